The Bertz CT molecular complexity index is 919. The van der Waals surface area contributed by atoms with Gasteiger partial charge < -0.3 is 19.7 Å². The van der Waals surface area contributed by atoms with Crippen LogP contribution < -0.4 is 10.1 Å². The van der Waals surface area contributed by atoms with E-state index in [1.165, 1.54) is 5.57 Å². The molecule has 0 spiro atoms. The number of fused-ring (bicyclic) bond motifs is 2. The number of carbonyl (C=O) groups excluding carboxylic acids is 2. The minimum absolute atomic E-state index is 0.0980. The maximum absolute atomic E-state index is 12.9. The number of ether oxygens (including phenoxy) is 2. The van der Waals surface area contributed by atoms with E-state index in [0.717, 1.165) is 17.0 Å². The second-order valence-electron chi connectivity index (χ2n) is 7.19. The van der Waals surface area contributed by atoms with Crippen molar-refractivity contribution in [3.05, 3.63) is 64.4 Å². The van der Waals surface area contributed by atoms with Crippen LogP contribution in [0.1, 0.15) is 24.9 Å². The van der Waals surface area contributed by atoms with Crippen molar-refractivity contribution in [1.82, 2.24) is 10.2 Å². The average molecular weight is 415 g/mol. The third-order valence-electron chi connectivity index (χ3n) is 5.61. The first-order valence-electron chi connectivity index (χ1n) is 9.70. The van der Waals surface area contributed by atoms with Gasteiger partial charge in [0.05, 0.1) is 25.8 Å². The van der Waals surface area contributed by atoms with E-state index in [2.05, 4.69) is 11.4 Å². The summed E-state index contributed by atoms with van der Waals surface area (Å²) in [4.78, 5) is 26.7. The van der Waals surface area contributed by atoms with Crippen LogP contribution in [0.4, 0.5) is 0 Å². The van der Waals surface area contributed by atoms with Crippen molar-refractivity contribution < 1.29 is 19.1 Å². The molecule has 1 N–H and O–H groups in total. The maximum Gasteiger partial charge on any atom is 0.397 e. The number of halogens is 1. The quantitative estimate of drug-likeness (QED) is 0.608. The van der Waals surface area contributed by atoms with E-state index in [4.69, 9.17) is 21.1 Å². The highest BCUT2D eigenvalue weighted by molar-refractivity contribution is 6.32. The number of nitrogens with one attached hydrogen (secondary N) is 1. The van der Waals surface area contributed by atoms with E-state index < -0.39 is 17.9 Å². The Morgan fingerprint density at radius 1 is 1.28 bits per heavy atom. The zero-order valence-electron chi connectivity index (χ0n) is 16.4. The monoisotopic (exact) mass is 414 g/mol. The van der Waals surface area contributed by atoms with Crippen LogP contribution >= 0.6 is 11.6 Å². The number of hydrogen-bond acceptors (Lipinski definition) is 5. The fourth-order valence-electron chi connectivity index (χ4n) is 4.30. The van der Waals surface area contributed by atoms with Crippen molar-refractivity contribution in [3.63, 3.8) is 0 Å². The number of allylic oxidation sites excluding steroid dienone is 2. The Morgan fingerprint density at radius 3 is 2.72 bits per heavy atom. The normalized spacial score (nSPS) is 25.0. The first-order valence-corrected chi connectivity index (χ1v) is 10.1. The number of hydrogen-bond donors (Lipinski definition) is 1. The molecule has 3 atom stereocenters. The summed E-state index contributed by atoms with van der Waals surface area (Å²) in [6, 6.07) is 7.26. The molecule has 2 aliphatic heterocycles. The van der Waals surface area contributed by atoms with Crippen molar-refractivity contribution >= 4 is 23.5 Å². The van der Waals surface area contributed by atoms with E-state index in [1.54, 1.807) is 18.9 Å². The standard InChI is InChI=1S/C22H23ClN2O4/c1-3-29-22(27)21(26)25-11-10-16-17-12-14(23)6-9-18(17)24-19(16)20(25)13-4-7-15(28-2)8-5-13/h4-9,12,17-18,20,24H,3,10-11H2,1-2H3. The Hall–Kier alpha value is -2.73. The number of rotatable bonds is 3. The van der Waals surface area contributed by atoms with E-state index >= 15 is 0 Å². The molecule has 0 saturated carbocycles. The van der Waals surface area contributed by atoms with Gasteiger partial charge >= 0.3 is 11.9 Å². The summed E-state index contributed by atoms with van der Waals surface area (Å²) < 4.78 is 10.2. The van der Waals surface area contributed by atoms with Gasteiger partial charge in [-0.2, -0.15) is 0 Å². The molecule has 152 valence electrons. The van der Waals surface area contributed by atoms with Crippen LogP contribution in [0.3, 0.4) is 0 Å². The highest BCUT2D eigenvalue weighted by atomic mass is 35.5. The molecule has 0 fully saturated rings. The molecule has 1 aromatic rings. The van der Waals surface area contributed by atoms with Gasteiger partial charge in [-0.3, -0.25) is 4.79 Å². The third kappa shape index (κ3) is 3.53. The molecule has 1 amide bonds. The van der Waals surface area contributed by atoms with Crippen LogP contribution in [0.15, 0.2) is 58.8 Å². The van der Waals surface area contributed by atoms with E-state index in [-0.39, 0.29) is 18.6 Å². The number of nitrogens with zero attached hydrogens (tertiary/aromatic N) is 1. The number of esters is 1. The predicted octanol–water partition coefficient (Wildman–Crippen LogP) is 3.07. The van der Waals surface area contributed by atoms with E-state index in [9.17, 15) is 9.59 Å². The number of methoxy groups -OCH3 is 1. The summed E-state index contributed by atoms with van der Waals surface area (Å²) in [5, 5.41) is 4.28. The van der Waals surface area contributed by atoms with E-state index in [0.29, 0.717) is 18.0 Å². The number of benzene rings is 1. The minimum Gasteiger partial charge on any atom is -0.497 e. The van der Waals surface area contributed by atoms with Crippen LogP contribution in [0.25, 0.3) is 0 Å². The van der Waals surface area contributed by atoms with Crippen LogP contribution in [0, 0.1) is 5.92 Å². The van der Waals surface area contributed by atoms with Gasteiger partial charge in [-0.05, 0) is 42.7 Å². The molecular weight excluding hydrogens is 392 g/mol. The largest absolute Gasteiger partial charge is 0.497 e. The lowest BCUT2D eigenvalue weighted by atomic mass is 9.85. The van der Waals surface area contributed by atoms with Crippen LogP contribution in [-0.4, -0.2) is 43.1 Å². The molecule has 1 aliphatic carbocycles. The smallest absolute Gasteiger partial charge is 0.397 e. The van der Waals surface area contributed by atoms with Gasteiger partial charge in [0, 0.05) is 23.2 Å². The molecule has 2 heterocycles. The molecule has 29 heavy (non-hydrogen) atoms. The van der Waals surface area contributed by atoms with Gasteiger partial charge in [0.1, 0.15) is 5.75 Å². The Morgan fingerprint density at radius 2 is 2.03 bits per heavy atom. The fourth-order valence-corrected chi connectivity index (χ4v) is 4.50. The molecule has 7 heteroatoms. The summed E-state index contributed by atoms with van der Waals surface area (Å²) in [5.41, 5.74) is 3.09. The lowest BCUT2D eigenvalue weighted by Crippen LogP contribution is -2.45. The van der Waals surface area contributed by atoms with Crippen molar-refractivity contribution in [3.8, 4) is 5.75 Å². The molecule has 0 saturated heterocycles. The van der Waals surface area contributed by atoms with Gasteiger partial charge in [-0.1, -0.05) is 35.9 Å². The molecule has 6 nitrogen and oxygen atoms in total. The highest BCUT2D eigenvalue weighted by Gasteiger charge is 2.44. The van der Waals surface area contributed by atoms with Gasteiger partial charge in [-0.15, -0.1) is 0 Å². The van der Waals surface area contributed by atoms with Gasteiger partial charge in [0.2, 0.25) is 0 Å². The predicted molar refractivity (Wildman–Crippen MR) is 109 cm³/mol. The zero-order chi connectivity index (χ0) is 20.5. The number of amides is 1. The molecular formula is C22H23ClN2O4. The number of carbonyl (C=O) groups is 2. The van der Waals surface area contributed by atoms with Gasteiger partial charge in [-0.25, -0.2) is 4.79 Å². The summed E-state index contributed by atoms with van der Waals surface area (Å²) in [6.07, 6.45) is 6.66. The average Bonchev–Trinajstić information content (AvgIpc) is 3.10. The maximum atomic E-state index is 12.9. The molecule has 3 aliphatic rings. The SMILES string of the molecule is CCOC(=O)C(=O)N1CCC2=C(NC3C=CC(Cl)=CC23)C1c1ccc(OC)cc1. The summed E-state index contributed by atoms with van der Waals surface area (Å²) in [5.74, 6) is -0.566. The van der Waals surface area contributed by atoms with Gasteiger partial charge in [0.15, 0.2) is 0 Å². The molecule has 0 aromatic heterocycles. The fraction of sp³-hybridized carbons (Fsp3) is 0.364. The summed E-state index contributed by atoms with van der Waals surface area (Å²) >= 11 is 6.24. The molecule has 4 rings (SSSR count). The first kappa shape index (κ1) is 19.6. The van der Waals surface area contributed by atoms with E-state index in [1.807, 2.05) is 36.4 Å². The molecule has 0 radical (unpaired) electrons. The third-order valence-corrected chi connectivity index (χ3v) is 5.86. The topological polar surface area (TPSA) is 67.9 Å². The van der Waals surface area contributed by atoms with Crippen molar-refractivity contribution in [1.29, 1.82) is 0 Å². The first-order chi connectivity index (χ1) is 14.0. The Kier molecular flexibility index (Phi) is 5.37. The molecule has 3 unspecified atom stereocenters. The van der Waals surface area contributed by atoms with Crippen LogP contribution in [-0.2, 0) is 14.3 Å². The molecule has 1 aromatic carbocycles. The zero-order valence-corrected chi connectivity index (χ0v) is 17.1. The lowest BCUT2D eigenvalue weighted by Gasteiger charge is -2.37. The Balaban J connectivity index is 1.75. The van der Waals surface area contributed by atoms with Crippen molar-refractivity contribution in [2.45, 2.75) is 25.4 Å². The van der Waals surface area contributed by atoms with Gasteiger partial charge in [0.25, 0.3) is 0 Å². The van der Waals surface area contributed by atoms with Crippen molar-refractivity contribution in [2.75, 3.05) is 20.3 Å². The minimum atomic E-state index is -0.826. The lowest BCUT2D eigenvalue weighted by molar-refractivity contribution is -0.161. The molecule has 0 bridgehead atoms. The summed E-state index contributed by atoms with van der Waals surface area (Å²) in [6.45, 7) is 2.29. The van der Waals surface area contributed by atoms with Crippen LogP contribution in [0.2, 0.25) is 0 Å². The second-order valence-corrected chi connectivity index (χ2v) is 7.63. The highest BCUT2D eigenvalue weighted by Crippen LogP contribution is 2.44. The summed E-state index contributed by atoms with van der Waals surface area (Å²) in [7, 11) is 1.61. The van der Waals surface area contributed by atoms with Crippen molar-refractivity contribution in [2.24, 2.45) is 5.92 Å². The Labute approximate surface area is 174 Å². The second kappa shape index (κ2) is 7.95. The van der Waals surface area contributed by atoms with Crippen LogP contribution in [0.5, 0.6) is 5.75 Å².